The van der Waals surface area contributed by atoms with Gasteiger partial charge >= 0.3 is 0 Å². The van der Waals surface area contributed by atoms with E-state index in [1.54, 1.807) is 0 Å². The van der Waals surface area contributed by atoms with Crippen molar-refractivity contribution in [2.24, 2.45) is 16.1 Å². The molecule has 2 fully saturated rings. The minimum absolute atomic E-state index is 0.0206. The number of halogens is 2. The number of benzene rings is 2. The second-order valence-corrected chi connectivity index (χ2v) is 9.92. The SMILES string of the molecule is CC1/C(=N\N=C2\NC(=O)CS2)CC(c2ccc(Br)cc2)NC1c1ccc(Br)cc1. The van der Waals surface area contributed by atoms with Crippen LogP contribution in [0.4, 0.5) is 0 Å². The third kappa shape index (κ3) is 4.99. The van der Waals surface area contributed by atoms with Crippen molar-refractivity contribution in [3.8, 4) is 0 Å². The Morgan fingerprint density at radius 3 is 2.17 bits per heavy atom. The molecule has 0 aromatic heterocycles. The summed E-state index contributed by atoms with van der Waals surface area (Å²) in [4.78, 5) is 11.4. The molecular formula is C21H20Br2N4OS. The van der Waals surface area contributed by atoms with Crippen molar-refractivity contribution in [3.63, 3.8) is 0 Å². The molecule has 2 aliphatic rings. The fourth-order valence-corrected chi connectivity index (χ4v) is 4.75. The van der Waals surface area contributed by atoms with Gasteiger partial charge in [-0.25, -0.2) is 0 Å². The summed E-state index contributed by atoms with van der Waals surface area (Å²) in [5.41, 5.74) is 3.45. The maximum absolute atomic E-state index is 11.4. The molecule has 3 unspecified atom stereocenters. The quantitative estimate of drug-likeness (QED) is 0.531. The van der Waals surface area contributed by atoms with Crippen LogP contribution >= 0.6 is 43.6 Å². The first-order chi connectivity index (χ1) is 14.0. The lowest BCUT2D eigenvalue weighted by atomic mass is 9.81. The van der Waals surface area contributed by atoms with Gasteiger partial charge < -0.3 is 10.6 Å². The van der Waals surface area contributed by atoms with Gasteiger partial charge in [0.1, 0.15) is 0 Å². The van der Waals surface area contributed by atoms with Crippen LogP contribution in [0, 0.1) is 5.92 Å². The summed E-state index contributed by atoms with van der Waals surface area (Å²) in [7, 11) is 0. The Kier molecular flexibility index (Phi) is 6.53. The largest absolute Gasteiger partial charge is 0.303 e. The van der Waals surface area contributed by atoms with Crippen molar-refractivity contribution < 1.29 is 4.79 Å². The van der Waals surface area contributed by atoms with Gasteiger partial charge in [-0.05, 0) is 35.4 Å². The molecule has 0 aliphatic carbocycles. The van der Waals surface area contributed by atoms with Crippen molar-refractivity contribution in [2.45, 2.75) is 25.4 Å². The van der Waals surface area contributed by atoms with Crippen LogP contribution in [0.1, 0.15) is 36.6 Å². The molecule has 1 amide bonds. The number of hydrogen-bond acceptors (Lipinski definition) is 5. The zero-order valence-electron chi connectivity index (χ0n) is 15.7. The molecule has 0 radical (unpaired) electrons. The number of nitrogens with zero attached hydrogens (tertiary/aromatic N) is 2. The minimum atomic E-state index is -0.0206. The molecule has 2 aliphatic heterocycles. The second kappa shape index (κ2) is 9.12. The Morgan fingerprint density at radius 2 is 1.59 bits per heavy atom. The molecule has 8 heteroatoms. The molecule has 4 rings (SSSR count). The zero-order chi connectivity index (χ0) is 20.4. The number of amidine groups is 1. The second-order valence-electron chi connectivity index (χ2n) is 7.13. The Labute approximate surface area is 191 Å². The average Bonchev–Trinajstić information content (AvgIpc) is 3.14. The number of thioether (sulfide) groups is 1. The van der Waals surface area contributed by atoms with Crippen LogP contribution in [0.15, 0.2) is 67.7 Å². The lowest BCUT2D eigenvalue weighted by molar-refractivity contribution is -0.116. The first kappa shape index (κ1) is 20.8. The number of carbonyl (C=O) groups excluding carboxylic acids is 1. The summed E-state index contributed by atoms with van der Waals surface area (Å²) >= 11 is 8.42. The summed E-state index contributed by atoms with van der Waals surface area (Å²) in [6.07, 6.45) is 0.769. The van der Waals surface area contributed by atoms with Crippen molar-refractivity contribution in [3.05, 3.63) is 68.6 Å². The normalized spacial score (nSPS) is 27.4. The Balaban J connectivity index is 1.66. The number of carbonyl (C=O) groups is 1. The van der Waals surface area contributed by atoms with Crippen LogP contribution in [-0.2, 0) is 4.79 Å². The number of hydrogen-bond donors (Lipinski definition) is 2. The molecule has 2 aromatic carbocycles. The van der Waals surface area contributed by atoms with E-state index in [2.05, 4.69) is 108 Å². The fourth-order valence-electron chi connectivity index (χ4n) is 3.59. The van der Waals surface area contributed by atoms with Gasteiger partial charge in [0.15, 0.2) is 5.17 Å². The van der Waals surface area contributed by atoms with E-state index in [1.807, 2.05) is 0 Å². The predicted octanol–water partition coefficient (Wildman–Crippen LogP) is 5.20. The van der Waals surface area contributed by atoms with Crippen LogP contribution in [0.25, 0.3) is 0 Å². The highest BCUT2D eigenvalue weighted by Gasteiger charge is 2.34. The molecule has 2 heterocycles. The van der Waals surface area contributed by atoms with E-state index in [9.17, 15) is 4.79 Å². The topological polar surface area (TPSA) is 65.8 Å². The van der Waals surface area contributed by atoms with Gasteiger partial charge in [0, 0.05) is 39.1 Å². The molecule has 150 valence electrons. The standard InChI is InChI=1S/C21H20Br2N4OS/c1-12-17(26-27-21-25-19(28)11-29-21)10-18(13-2-6-15(22)7-3-13)24-20(12)14-4-8-16(23)9-5-14/h2-9,12,18,20,24H,10-11H2,1H3,(H,25,27,28)/b26-17-. The lowest BCUT2D eigenvalue weighted by Gasteiger charge is -2.37. The first-order valence-corrected chi connectivity index (χ1v) is 11.9. The van der Waals surface area contributed by atoms with E-state index in [0.717, 1.165) is 21.1 Å². The van der Waals surface area contributed by atoms with E-state index in [1.165, 1.54) is 22.9 Å². The highest BCUT2D eigenvalue weighted by molar-refractivity contribution is 9.10. The molecule has 5 nitrogen and oxygen atoms in total. The summed E-state index contributed by atoms with van der Waals surface area (Å²) in [6.45, 7) is 2.18. The van der Waals surface area contributed by atoms with Gasteiger partial charge in [0.05, 0.1) is 5.75 Å². The van der Waals surface area contributed by atoms with Crippen LogP contribution in [0.3, 0.4) is 0 Å². The molecular weight excluding hydrogens is 516 g/mol. The maximum Gasteiger partial charge on any atom is 0.236 e. The highest BCUT2D eigenvalue weighted by atomic mass is 79.9. The Morgan fingerprint density at radius 1 is 0.966 bits per heavy atom. The van der Waals surface area contributed by atoms with Crippen LogP contribution < -0.4 is 10.6 Å². The summed E-state index contributed by atoms with van der Waals surface area (Å²) < 4.78 is 2.12. The molecule has 0 bridgehead atoms. The molecule has 2 aromatic rings. The molecule has 2 saturated heterocycles. The third-order valence-electron chi connectivity index (χ3n) is 5.18. The zero-order valence-corrected chi connectivity index (χ0v) is 19.7. The van der Waals surface area contributed by atoms with Crippen molar-refractivity contribution in [2.75, 3.05) is 5.75 Å². The Bertz CT molecular complexity index is 960. The first-order valence-electron chi connectivity index (χ1n) is 9.33. The van der Waals surface area contributed by atoms with Crippen LogP contribution in [0.2, 0.25) is 0 Å². The minimum Gasteiger partial charge on any atom is -0.303 e. The molecule has 0 spiro atoms. The molecule has 29 heavy (non-hydrogen) atoms. The summed E-state index contributed by atoms with van der Waals surface area (Å²) in [5.74, 6) is 0.561. The van der Waals surface area contributed by atoms with Gasteiger partial charge in [-0.2, -0.15) is 5.10 Å². The molecule has 2 N–H and O–H groups in total. The fraction of sp³-hybridized carbons (Fsp3) is 0.286. The number of nitrogens with one attached hydrogen (secondary N) is 2. The van der Waals surface area contributed by atoms with Gasteiger partial charge in [-0.15, -0.1) is 5.10 Å². The number of rotatable bonds is 3. The van der Waals surface area contributed by atoms with Crippen molar-refractivity contribution >= 4 is 60.4 Å². The van der Waals surface area contributed by atoms with E-state index < -0.39 is 0 Å². The number of amides is 1. The smallest absolute Gasteiger partial charge is 0.236 e. The Hall–Kier alpha value is -1.48. The van der Waals surface area contributed by atoms with E-state index in [-0.39, 0.29) is 23.9 Å². The van der Waals surface area contributed by atoms with E-state index in [4.69, 9.17) is 0 Å². The van der Waals surface area contributed by atoms with Crippen LogP contribution in [-0.4, -0.2) is 22.5 Å². The third-order valence-corrected chi connectivity index (χ3v) is 7.10. The monoisotopic (exact) mass is 534 g/mol. The summed E-state index contributed by atoms with van der Waals surface area (Å²) in [5, 5.41) is 16.0. The maximum atomic E-state index is 11.4. The molecule has 0 saturated carbocycles. The average molecular weight is 536 g/mol. The van der Waals surface area contributed by atoms with E-state index in [0.29, 0.717) is 10.9 Å². The van der Waals surface area contributed by atoms with Gasteiger partial charge in [-0.3, -0.25) is 4.79 Å². The van der Waals surface area contributed by atoms with Crippen molar-refractivity contribution in [1.29, 1.82) is 0 Å². The van der Waals surface area contributed by atoms with E-state index >= 15 is 0 Å². The highest BCUT2D eigenvalue weighted by Crippen LogP contribution is 2.36. The lowest BCUT2D eigenvalue weighted by Crippen LogP contribution is -2.41. The van der Waals surface area contributed by atoms with Gasteiger partial charge in [0.2, 0.25) is 5.91 Å². The van der Waals surface area contributed by atoms with Gasteiger partial charge in [-0.1, -0.05) is 74.8 Å². The van der Waals surface area contributed by atoms with Crippen molar-refractivity contribution in [1.82, 2.24) is 10.6 Å². The summed E-state index contributed by atoms with van der Waals surface area (Å²) in [6, 6.07) is 17.0. The molecule has 3 atom stereocenters. The van der Waals surface area contributed by atoms with Gasteiger partial charge in [0.25, 0.3) is 0 Å². The van der Waals surface area contributed by atoms with Crippen LogP contribution in [0.5, 0.6) is 0 Å². The predicted molar refractivity (Wildman–Crippen MR) is 126 cm³/mol. The number of piperidine rings is 1.